The highest BCUT2D eigenvalue weighted by Crippen LogP contribution is 2.22. The number of carbonyl (C=O) groups excluding carboxylic acids is 2. The lowest BCUT2D eigenvalue weighted by molar-refractivity contribution is -0.153. The van der Waals surface area contributed by atoms with E-state index in [9.17, 15) is 9.59 Å². The number of Topliss-reactive ketones (excluding diaryl/α,β-unsaturated/α-hetero) is 1. The Hall–Kier alpha value is -2.10. The highest BCUT2D eigenvalue weighted by Gasteiger charge is 2.22. The summed E-state index contributed by atoms with van der Waals surface area (Å²) in [7, 11) is 0. The number of furan rings is 1. The Morgan fingerprint density at radius 3 is 2.58 bits per heavy atom. The number of hydrogen-bond donors (Lipinski definition) is 0. The highest BCUT2D eigenvalue weighted by molar-refractivity contribution is 6.11. The van der Waals surface area contributed by atoms with Crippen molar-refractivity contribution >= 4 is 22.5 Å². The summed E-state index contributed by atoms with van der Waals surface area (Å²) in [5.41, 5.74) is -0.595. The van der Waals surface area contributed by atoms with Crippen LogP contribution in [-0.2, 0) is 9.53 Å². The van der Waals surface area contributed by atoms with E-state index in [0.29, 0.717) is 0 Å². The summed E-state index contributed by atoms with van der Waals surface area (Å²) in [6, 6.07) is 7.33. The maximum atomic E-state index is 12.0. The van der Waals surface area contributed by atoms with Gasteiger partial charge in [0.1, 0.15) is 12.0 Å². The number of ketones is 1. The maximum absolute atomic E-state index is 12.0. The van der Waals surface area contributed by atoms with Gasteiger partial charge >= 0.3 is 5.97 Å². The molecule has 0 unspecified atom stereocenters. The van der Waals surface area contributed by atoms with Crippen LogP contribution in [0.15, 0.2) is 34.9 Å². The molecule has 0 radical (unpaired) electrons. The Kier molecular flexibility index (Phi) is 3.42. The quantitative estimate of drug-likeness (QED) is 0.482. The van der Waals surface area contributed by atoms with Crippen LogP contribution in [0.1, 0.15) is 37.7 Å². The SMILES string of the molecule is CC(C)(C)OC(=O)CC(=O)c1occ2ccccc12. The van der Waals surface area contributed by atoms with Crippen molar-refractivity contribution in [2.75, 3.05) is 0 Å². The molecule has 0 saturated carbocycles. The van der Waals surface area contributed by atoms with Crippen LogP contribution in [-0.4, -0.2) is 17.4 Å². The third-order valence-electron chi connectivity index (χ3n) is 2.49. The van der Waals surface area contributed by atoms with Crippen LogP contribution in [0.5, 0.6) is 0 Å². The average molecular weight is 260 g/mol. The van der Waals surface area contributed by atoms with Gasteiger partial charge in [-0.3, -0.25) is 9.59 Å². The van der Waals surface area contributed by atoms with Gasteiger partial charge in [-0.1, -0.05) is 24.3 Å². The van der Waals surface area contributed by atoms with Gasteiger partial charge in [-0.05, 0) is 20.8 Å². The fourth-order valence-corrected chi connectivity index (χ4v) is 1.80. The number of benzene rings is 1. The lowest BCUT2D eigenvalue weighted by Gasteiger charge is -2.18. The van der Waals surface area contributed by atoms with Gasteiger partial charge in [-0.15, -0.1) is 0 Å². The van der Waals surface area contributed by atoms with Crippen molar-refractivity contribution in [2.45, 2.75) is 32.8 Å². The average Bonchev–Trinajstić information content (AvgIpc) is 2.69. The molecule has 0 N–H and O–H groups in total. The minimum absolute atomic E-state index is 0.210. The largest absolute Gasteiger partial charge is 0.460 e. The summed E-state index contributed by atoms with van der Waals surface area (Å²) in [4.78, 5) is 23.6. The van der Waals surface area contributed by atoms with Crippen LogP contribution in [0.2, 0.25) is 0 Å². The van der Waals surface area contributed by atoms with E-state index >= 15 is 0 Å². The molecular formula is C15H16O4. The molecule has 100 valence electrons. The minimum Gasteiger partial charge on any atom is -0.460 e. The first kappa shape index (κ1) is 13.3. The van der Waals surface area contributed by atoms with E-state index < -0.39 is 11.6 Å². The van der Waals surface area contributed by atoms with E-state index in [1.807, 2.05) is 18.2 Å². The smallest absolute Gasteiger partial charge is 0.314 e. The first-order valence-electron chi connectivity index (χ1n) is 6.08. The number of ether oxygens (including phenoxy) is 1. The molecule has 4 nitrogen and oxygen atoms in total. The molecule has 2 rings (SSSR count). The molecule has 0 bridgehead atoms. The standard InChI is InChI=1S/C15H16O4/c1-15(2,3)19-13(17)8-12(16)14-11-7-5-4-6-10(11)9-18-14/h4-7,9H,8H2,1-3H3. The lowest BCUT2D eigenvalue weighted by atomic mass is 10.1. The molecular weight excluding hydrogens is 244 g/mol. The Morgan fingerprint density at radius 1 is 1.21 bits per heavy atom. The van der Waals surface area contributed by atoms with E-state index in [-0.39, 0.29) is 18.0 Å². The molecule has 4 heteroatoms. The maximum Gasteiger partial charge on any atom is 0.314 e. The van der Waals surface area contributed by atoms with Gasteiger partial charge < -0.3 is 9.15 Å². The predicted octanol–water partition coefficient (Wildman–Crippen LogP) is 3.35. The van der Waals surface area contributed by atoms with Gasteiger partial charge in [-0.2, -0.15) is 0 Å². The molecule has 1 aromatic carbocycles. The van der Waals surface area contributed by atoms with Crippen molar-refractivity contribution in [3.8, 4) is 0 Å². The number of esters is 1. The molecule has 0 atom stereocenters. The van der Waals surface area contributed by atoms with Crippen LogP contribution in [0.3, 0.4) is 0 Å². The second-order valence-electron chi connectivity index (χ2n) is 5.34. The zero-order valence-corrected chi connectivity index (χ0v) is 11.2. The molecule has 19 heavy (non-hydrogen) atoms. The van der Waals surface area contributed by atoms with Gasteiger partial charge in [0.15, 0.2) is 5.76 Å². The Bertz CT molecular complexity index is 616. The highest BCUT2D eigenvalue weighted by atomic mass is 16.6. The van der Waals surface area contributed by atoms with Crippen molar-refractivity contribution in [2.24, 2.45) is 0 Å². The third kappa shape index (κ3) is 3.22. The van der Waals surface area contributed by atoms with Crippen molar-refractivity contribution in [3.63, 3.8) is 0 Å². The predicted molar refractivity (Wildman–Crippen MR) is 71.0 cm³/mol. The van der Waals surface area contributed by atoms with Crippen LogP contribution in [0.25, 0.3) is 10.8 Å². The molecule has 0 spiro atoms. The summed E-state index contributed by atoms with van der Waals surface area (Å²) in [5, 5.41) is 1.56. The zero-order chi connectivity index (χ0) is 14.0. The summed E-state index contributed by atoms with van der Waals surface area (Å²) in [6.45, 7) is 5.28. The van der Waals surface area contributed by atoms with Gasteiger partial charge in [0.05, 0.1) is 6.26 Å². The van der Waals surface area contributed by atoms with Crippen LogP contribution >= 0.6 is 0 Å². The van der Waals surface area contributed by atoms with E-state index in [4.69, 9.17) is 9.15 Å². The summed E-state index contributed by atoms with van der Waals surface area (Å²) in [6.07, 6.45) is 1.20. The first-order chi connectivity index (χ1) is 8.87. The summed E-state index contributed by atoms with van der Waals surface area (Å²) in [5.74, 6) is -0.699. The molecule has 1 heterocycles. The van der Waals surface area contributed by atoms with E-state index in [2.05, 4.69) is 0 Å². The number of hydrogen-bond acceptors (Lipinski definition) is 4. The van der Waals surface area contributed by atoms with E-state index in [1.165, 1.54) is 6.26 Å². The summed E-state index contributed by atoms with van der Waals surface area (Å²) < 4.78 is 10.4. The lowest BCUT2D eigenvalue weighted by Crippen LogP contribution is -2.25. The van der Waals surface area contributed by atoms with Gasteiger partial charge in [-0.25, -0.2) is 0 Å². The van der Waals surface area contributed by atoms with Crippen molar-refractivity contribution in [3.05, 3.63) is 36.3 Å². The third-order valence-corrected chi connectivity index (χ3v) is 2.49. The molecule has 0 saturated heterocycles. The van der Waals surface area contributed by atoms with E-state index in [0.717, 1.165) is 10.8 Å². The minimum atomic E-state index is -0.595. The molecule has 0 fully saturated rings. The van der Waals surface area contributed by atoms with Crippen LogP contribution in [0.4, 0.5) is 0 Å². The monoisotopic (exact) mass is 260 g/mol. The van der Waals surface area contributed by atoms with Gasteiger partial charge in [0.2, 0.25) is 5.78 Å². The fourth-order valence-electron chi connectivity index (χ4n) is 1.80. The van der Waals surface area contributed by atoms with Crippen molar-refractivity contribution in [1.29, 1.82) is 0 Å². The number of carbonyl (C=O) groups is 2. The van der Waals surface area contributed by atoms with Gasteiger partial charge in [0.25, 0.3) is 0 Å². The van der Waals surface area contributed by atoms with Crippen LogP contribution in [0, 0.1) is 0 Å². The first-order valence-corrected chi connectivity index (χ1v) is 6.08. The molecule has 1 aromatic heterocycles. The number of rotatable bonds is 3. The fraction of sp³-hybridized carbons (Fsp3) is 0.333. The normalized spacial score (nSPS) is 11.5. The second-order valence-corrected chi connectivity index (χ2v) is 5.34. The Balaban J connectivity index is 2.14. The molecule has 0 aliphatic heterocycles. The molecule has 0 aliphatic rings. The summed E-state index contributed by atoms with van der Waals surface area (Å²) >= 11 is 0. The Labute approximate surface area is 111 Å². The molecule has 0 amide bonds. The van der Waals surface area contributed by atoms with Crippen molar-refractivity contribution in [1.82, 2.24) is 0 Å². The molecule has 0 aliphatic carbocycles. The Morgan fingerprint density at radius 2 is 1.89 bits per heavy atom. The molecule has 2 aromatic rings. The second kappa shape index (κ2) is 4.88. The van der Waals surface area contributed by atoms with E-state index in [1.54, 1.807) is 26.8 Å². The number of fused-ring (bicyclic) bond motifs is 1. The van der Waals surface area contributed by atoms with Gasteiger partial charge in [0, 0.05) is 10.8 Å². The zero-order valence-electron chi connectivity index (χ0n) is 11.2. The van der Waals surface area contributed by atoms with Crippen molar-refractivity contribution < 1.29 is 18.7 Å². The topological polar surface area (TPSA) is 56.5 Å². The van der Waals surface area contributed by atoms with Crippen LogP contribution < -0.4 is 0 Å².